The molecule has 3 nitrogen and oxygen atoms in total. The summed E-state index contributed by atoms with van der Waals surface area (Å²) >= 11 is 0. The molecule has 3 fully saturated rings. The molecule has 0 aromatic heterocycles. The Bertz CT molecular complexity index is 166. The van der Waals surface area contributed by atoms with Crippen molar-refractivity contribution in [2.24, 2.45) is 5.41 Å². The molecule has 2 aliphatic heterocycles. The van der Waals surface area contributed by atoms with E-state index >= 15 is 0 Å². The van der Waals surface area contributed by atoms with Crippen molar-refractivity contribution in [3.8, 4) is 0 Å². The van der Waals surface area contributed by atoms with E-state index in [-0.39, 0.29) is 0 Å². The molecule has 2 saturated heterocycles. The van der Waals surface area contributed by atoms with Gasteiger partial charge in [0.25, 0.3) is 0 Å². The molecule has 0 radical (unpaired) electrons. The normalized spacial score (nSPS) is 42.4. The second-order valence-electron chi connectivity index (χ2n) is 3.60. The molecule has 62 valence electrons. The Morgan fingerprint density at radius 3 is 2.36 bits per heavy atom. The molecule has 0 aromatic carbocycles. The molecule has 1 aliphatic carbocycles. The van der Waals surface area contributed by atoms with Crippen LogP contribution in [0, 0.1) is 5.41 Å². The van der Waals surface area contributed by atoms with Crippen LogP contribution in [0.1, 0.15) is 25.7 Å². The molecule has 1 saturated carbocycles. The SMILES string of the molecule is O=C(O)C12CCC(CC1)OC2. The summed E-state index contributed by atoms with van der Waals surface area (Å²) in [6.07, 6.45) is 3.86. The minimum absolute atomic E-state index is 0.358. The molecule has 3 heteroatoms. The van der Waals surface area contributed by atoms with Crippen molar-refractivity contribution in [3.63, 3.8) is 0 Å². The number of carbonyl (C=O) groups is 1. The topological polar surface area (TPSA) is 46.5 Å². The van der Waals surface area contributed by atoms with Crippen LogP contribution in [0.3, 0.4) is 0 Å². The van der Waals surface area contributed by atoms with E-state index < -0.39 is 11.4 Å². The van der Waals surface area contributed by atoms with E-state index in [4.69, 9.17) is 9.84 Å². The van der Waals surface area contributed by atoms with Crippen LogP contribution in [0.2, 0.25) is 0 Å². The number of carboxylic acid groups (broad SMARTS) is 1. The highest BCUT2D eigenvalue weighted by Crippen LogP contribution is 2.43. The smallest absolute Gasteiger partial charge is 0.311 e. The third-order valence-corrected chi connectivity index (χ3v) is 2.94. The summed E-state index contributed by atoms with van der Waals surface area (Å²) in [4.78, 5) is 10.9. The van der Waals surface area contributed by atoms with Gasteiger partial charge in [-0.05, 0) is 25.7 Å². The van der Waals surface area contributed by atoms with Gasteiger partial charge in [-0.15, -0.1) is 0 Å². The van der Waals surface area contributed by atoms with E-state index in [0.29, 0.717) is 12.7 Å². The van der Waals surface area contributed by atoms with Crippen LogP contribution < -0.4 is 0 Å². The van der Waals surface area contributed by atoms with Gasteiger partial charge in [0.15, 0.2) is 0 Å². The van der Waals surface area contributed by atoms with E-state index in [1.165, 1.54) is 0 Å². The van der Waals surface area contributed by atoms with E-state index in [2.05, 4.69) is 0 Å². The van der Waals surface area contributed by atoms with Gasteiger partial charge >= 0.3 is 5.97 Å². The Kier molecular flexibility index (Phi) is 1.42. The Labute approximate surface area is 65.4 Å². The van der Waals surface area contributed by atoms with Crippen molar-refractivity contribution in [3.05, 3.63) is 0 Å². The summed E-state index contributed by atoms with van der Waals surface area (Å²) in [7, 11) is 0. The van der Waals surface area contributed by atoms with E-state index in [9.17, 15) is 4.79 Å². The van der Waals surface area contributed by atoms with Crippen molar-refractivity contribution < 1.29 is 14.6 Å². The van der Waals surface area contributed by atoms with Crippen LogP contribution in [-0.2, 0) is 9.53 Å². The first-order valence-corrected chi connectivity index (χ1v) is 4.08. The molecule has 0 amide bonds. The van der Waals surface area contributed by atoms with Gasteiger partial charge in [0, 0.05) is 0 Å². The first kappa shape index (κ1) is 7.10. The van der Waals surface area contributed by atoms with Gasteiger partial charge in [0.2, 0.25) is 0 Å². The molecule has 0 spiro atoms. The first-order valence-electron chi connectivity index (χ1n) is 4.08. The van der Waals surface area contributed by atoms with Crippen LogP contribution >= 0.6 is 0 Å². The summed E-state index contributed by atoms with van der Waals surface area (Å²) in [5, 5.41) is 8.93. The van der Waals surface area contributed by atoms with Crippen LogP contribution in [0.4, 0.5) is 0 Å². The number of fused-ring (bicyclic) bond motifs is 3. The molecule has 1 N–H and O–H groups in total. The zero-order valence-electron chi connectivity index (χ0n) is 6.38. The lowest BCUT2D eigenvalue weighted by molar-refractivity contribution is -0.174. The van der Waals surface area contributed by atoms with Crippen LogP contribution in [-0.4, -0.2) is 23.8 Å². The molecule has 3 rings (SSSR count). The minimum atomic E-state index is -0.671. The van der Waals surface area contributed by atoms with Crippen molar-refractivity contribution >= 4 is 5.97 Å². The van der Waals surface area contributed by atoms with Crippen LogP contribution in [0.15, 0.2) is 0 Å². The summed E-state index contributed by atoms with van der Waals surface area (Å²) in [6.45, 7) is 0.438. The highest BCUT2D eigenvalue weighted by atomic mass is 16.5. The molecule has 2 heterocycles. The third-order valence-electron chi connectivity index (χ3n) is 2.94. The van der Waals surface area contributed by atoms with Gasteiger partial charge in [0.05, 0.1) is 18.1 Å². The average Bonchev–Trinajstić information content (AvgIpc) is 2.08. The van der Waals surface area contributed by atoms with E-state index in [1.54, 1.807) is 0 Å². The van der Waals surface area contributed by atoms with Gasteiger partial charge in [0.1, 0.15) is 0 Å². The Morgan fingerprint density at radius 2 is 2.09 bits per heavy atom. The standard InChI is InChI=1S/C8H12O3/c9-7(10)8-3-1-6(2-4-8)11-5-8/h6H,1-5H2,(H,9,10). The van der Waals surface area contributed by atoms with Crippen molar-refractivity contribution in [1.82, 2.24) is 0 Å². The molecule has 3 aliphatic rings. The van der Waals surface area contributed by atoms with Crippen molar-refractivity contribution in [2.75, 3.05) is 6.61 Å². The number of hydrogen-bond donors (Lipinski definition) is 1. The molecular weight excluding hydrogens is 144 g/mol. The van der Waals surface area contributed by atoms with Gasteiger partial charge in [-0.25, -0.2) is 0 Å². The predicted octanol–water partition coefficient (Wildman–Crippen LogP) is 1.03. The lowest BCUT2D eigenvalue weighted by Crippen LogP contribution is -2.47. The monoisotopic (exact) mass is 156 g/mol. The molecule has 0 atom stereocenters. The number of aliphatic carboxylic acids is 1. The summed E-state index contributed by atoms with van der Waals surface area (Å²) < 4.78 is 5.36. The quantitative estimate of drug-likeness (QED) is 0.616. The fourth-order valence-corrected chi connectivity index (χ4v) is 2.01. The maximum Gasteiger partial charge on any atom is 0.311 e. The third kappa shape index (κ3) is 0.948. The Hall–Kier alpha value is -0.570. The fourth-order valence-electron chi connectivity index (χ4n) is 2.01. The number of ether oxygens (including phenoxy) is 1. The maximum atomic E-state index is 10.9. The number of hydrogen-bond acceptors (Lipinski definition) is 2. The molecule has 0 aromatic rings. The highest BCUT2D eigenvalue weighted by molar-refractivity contribution is 5.75. The summed E-state index contributed by atoms with van der Waals surface area (Å²) in [5.74, 6) is -0.671. The molecule has 2 bridgehead atoms. The van der Waals surface area contributed by atoms with Crippen molar-refractivity contribution in [2.45, 2.75) is 31.8 Å². The number of carboxylic acids is 1. The summed E-state index contributed by atoms with van der Waals surface area (Å²) in [5.41, 5.74) is -0.519. The van der Waals surface area contributed by atoms with Crippen molar-refractivity contribution in [1.29, 1.82) is 0 Å². The molecule has 11 heavy (non-hydrogen) atoms. The average molecular weight is 156 g/mol. The van der Waals surface area contributed by atoms with Gasteiger partial charge in [-0.3, -0.25) is 4.79 Å². The second-order valence-corrected chi connectivity index (χ2v) is 3.60. The Morgan fingerprint density at radius 1 is 1.45 bits per heavy atom. The minimum Gasteiger partial charge on any atom is -0.481 e. The second kappa shape index (κ2) is 2.21. The molecular formula is C8H12O3. The van der Waals surface area contributed by atoms with Crippen LogP contribution in [0.25, 0.3) is 0 Å². The fraction of sp³-hybridized carbons (Fsp3) is 0.875. The zero-order chi connectivity index (χ0) is 7.90. The van der Waals surface area contributed by atoms with Gasteiger partial charge in [-0.2, -0.15) is 0 Å². The largest absolute Gasteiger partial charge is 0.481 e. The first-order chi connectivity index (χ1) is 5.23. The van der Waals surface area contributed by atoms with Gasteiger partial charge in [-0.1, -0.05) is 0 Å². The highest BCUT2D eigenvalue weighted by Gasteiger charge is 2.46. The van der Waals surface area contributed by atoms with Crippen LogP contribution in [0.5, 0.6) is 0 Å². The predicted molar refractivity (Wildman–Crippen MR) is 38.3 cm³/mol. The lowest BCUT2D eigenvalue weighted by Gasteiger charge is -2.43. The van der Waals surface area contributed by atoms with Gasteiger partial charge < -0.3 is 9.84 Å². The van der Waals surface area contributed by atoms with E-state index in [1.807, 2.05) is 0 Å². The zero-order valence-corrected chi connectivity index (χ0v) is 6.38. The molecule has 0 unspecified atom stereocenters. The maximum absolute atomic E-state index is 10.9. The van der Waals surface area contributed by atoms with E-state index in [0.717, 1.165) is 25.7 Å². The lowest BCUT2D eigenvalue weighted by atomic mass is 9.71. The Balaban J connectivity index is 2.18. The summed E-state index contributed by atoms with van der Waals surface area (Å²) in [6, 6.07) is 0. The number of rotatable bonds is 1.